The minimum absolute atomic E-state index is 0.582. The third-order valence-electron chi connectivity index (χ3n) is 1.58. The van der Waals surface area contributed by atoms with Gasteiger partial charge in [-0.15, -0.1) is 0 Å². The number of nitrogens with zero attached hydrogens (tertiary/aromatic N) is 4. The molecule has 0 amide bonds. The average molecular weight is 301 g/mol. The second-order valence-corrected chi connectivity index (χ2v) is 4.00. The monoisotopic (exact) mass is 301 g/mol. The Morgan fingerprint density at radius 3 is 2.57 bits per heavy atom. The van der Waals surface area contributed by atoms with Gasteiger partial charge in [0.15, 0.2) is 0 Å². The molecule has 5 nitrogen and oxygen atoms in total. The Morgan fingerprint density at radius 1 is 1.29 bits per heavy atom. The van der Waals surface area contributed by atoms with Crippen LogP contribution in [0.3, 0.4) is 0 Å². The molecule has 0 bridgehead atoms. The van der Waals surface area contributed by atoms with E-state index in [1.165, 1.54) is 0 Å². The van der Waals surface area contributed by atoms with Crippen LogP contribution in [0.25, 0.3) is 0 Å². The topological polar surface area (TPSA) is 55.6 Å². The summed E-state index contributed by atoms with van der Waals surface area (Å²) in [5, 5.41) is 7.07. The molecule has 0 aliphatic carbocycles. The summed E-state index contributed by atoms with van der Waals surface area (Å²) in [6, 6.07) is 0. The van der Waals surface area contributed by atoms with E-state index in [4.69, 9.17) is 0 Å². The molecular weight excluding hydrogens is 293 g/mol. The molecule has 0 saturated carbocycles. The number of hydrogen-bond acceptors (Lipinski definition) is 4. The fourth-order valence-corrected chi connectivity index (χ4v) is 1.27. The van der Waals surface area contributed by atoms with Gasteiger partial charge in [0.25, 0.3) is 0 Å². The van der Waals surface area contributed by atoms with E-state index in [0.29, 0.717) is 5.95 Å². The SMILES string of the molecule is Cn1cc(Nc2ncc(I)cn2)cn1. The van der Waals surface area contributed by atoms with E-state index in [0.717, 1.165) is 9.26 Å². The molecule has 2 aromatic heterocycles. The van der Waals surface area contributed by atoms with Crippen LogP contribution < -0.4 is 5.32 Å². The van der Waals surface area contributed by atoms with Gasteiger partial charge in [-0.25, -0.2) is 9.97 Å². The maximum atomic E-state index is 4.12. The number of nitrogens with one attached hydrogen (secondary N) is 1. The van der Waals surface area contributed by atoms with Crippen LogP contribution in [-0.4, -0.2) is 19.7 Å². The van der Waals surface area contributed by atoms with Crippen LogP contribution in [0.5, 0.6) is 0 Å². The summed E-state index contributed by atoms with van der Waals surface area (Å²) in [6.07, 6.45) is 7.10. The predicted molar refractivity (Wildman–Crippen MR) is 61.2 cm³/mol. The molecule has 0 unspecified atom stereocenters. The van der Waals surface area contributed by atoms with E-state index >= 15 is 0 Å². The van der Waals surface area contributed by atoms with Gasteiger partial charge < -0.3 is 5.32 Å². The Kier molecular flexibility index (Phi) is 2.62. The lowest BCUT2D eigenvalue weighted by atomic mass is 10.5. The maximum Gasteiger partial charge on any atom is 0.227 e. The minimum atomic E-state index is 0.582. The Balaban J connectivity index is 2.15. The van der Waals surface area contributed by atoms with Gasteiger partial charge in [0.2, 0.25) is 5.95 Å². The summed E-state index contributed by atoms with van der Waals surface area (Å²) >= 11 is 2.16. The molecule has 2 rings (SSSR count). The van der Waals surface area contributed by atoms with Gasteiger partial charge in [0.05, 0.1) is 11.9 Å². The zero-order chi connectivity index (χ0) is 9.97. The zero-order valence-electron chi connectivity index (χ0n) is 7.48. The first-order valence-corrected chi connectivity index (χ1v) is 5.05. The molecule has 0 radical (unpaired) electrons. The van der Waals surface area contributed by atoms with Gasteiger partial charge in [0.1, 0.15) is 0 Å². The molecule has 6 heteroatoms. The average Bonchev–Trinajstić information content (AvgIpc) is 2.56. The van der Waals surface area contributed by atoms with Gasteiger partial charge in [-0.1, -0.05) is 0 Å². The van der Waals surface area contributed by atoms with Gasteiger partial charge in [0, 0.05) is 29.2 Å². The van der Waals surface area contributed by atoms with Crippen molar-refractivity contribution in [3.05, 3.63) is 28.4 Å². The Morgan fingerprint density at radius 2 is 2.00 bits per heavy atom. The molecular formula is C8H8IN5. The molecule has 72 valence electrons. The van der Waals surface area contributed by atoms with E-state index in [1.54, 1.807) is 23.3 Å². The molecule has 0 spiro atoms. The normalized spacial score (nSPS) is 10.1. The van der Waals surface area contributed by atoms with E-state index in [-0.39, 0.29) is 0 Å². The lowest BCUT2D eigenvalue weighted by molar-refractivity contribution is 0.768. The molecule has 0 saturated heterocycles. The maximum absolute atomic E-state index is 4.12. The minimum Gasteiger partial charge on any atom is -0.321 e. The summed E-state index contributed by atoms with van der Waals surface area (Å²) in [4.78, 5) is 8.23. The summed E-state index contributed by atoms with van der Waals surface area (Å²) in [5.74, 6) is 0.582. The van der Waals surface area contributed by atoms with Crippen LogP contribution >= 0.6 is 22.6 Å². The smallest absolute Gasteiger partial charge is 0.227 e. The second-order valence-electron chi connectivity index (χ2n) is 2.75. The molecule has 2 heterocycles. The molecule has 14 heavy (non-hydrogen) atoms. The lowest BCUT2D eigenvalue weighted by Crippen LogP contribution is -1.95. The van der Waals surface area contributed by atoms with Gasteiger partial charge in [-0.2, -0.15) is 5.10 Å². The molecule has 0 aliphatic heterocycles. The first-order chi connectivity index (χ1) is 6.74. The number of aromatic nitrogens is 4. The molecule has 0 aromatic carbocycles. The van der Waals surface area contributed by atoms with Crippen LogP contribution in [0.4, 0.5) is 11.6 Å². The van der Waals surface area contributed by atoms with Crippen LogP contribution in [0.1, 0.15) is 0 Å². The first kappa shape index (κ1) is 9.38. The van der Waals surface area contributed by atoms with Crippen molar-refractivity contribution in [3.63, 3.8) is 0 Å². The fourth-order valence-electron chi connectivity index (χ4n) is 0.992. The summed E-state index contributed by atoms with van der Waals surface area (Å²) < 4.78 is 2.73. The zero-order valence-corrected chi connectivity index (χ0v) is 9.63. The largest absolute Gasteiger partial charge is 0.321 e. The van der Waals surface area contributed by atoms with Crippen LogP contribution in [-0.2, 0) is 7.05 Å². The summed E-state index contributed by atoms with van der Waals surface area (Å²) in [6.45, 7) is 0. The molecule has 0 aliphatic rings. The number of aryl methyl sites for hydroxylation is 1. The Labute approximate surface area is 94.7 Å². The van der Waals surface area contributed by atoms with E-state index in [2.05, 4.69) is 43.0 Å². The summed E-state index contributed by atoms with van der Waals surface area (Å²) in [7, 11) is 1.86. The Bertz CT molecular complexity index is 422. The van der Waals surface area contributed by atoms with Crippen molar-refractivity contribution < 1.29 is 0 Å². The van der Waals surface area contributed by atoms with Gasteiger partial charge in [-0.3, -0.25) is 4.68 Å². The number of hydrogen-bond donors (Lipinski definition) is 1. The van der Waals surface area contributed by atoms with Gasteiger partial charge >= 0.3 is 0 Å². The van der Waals surface area contributed by atoms with Crippen molar-refractivity contribution in [2.45, 2.75) is 0 Å². The quantitative estimate of drug-likeness (QED) is 0.855. The number of rotatable bonds is 2. The van der Waals surface area contributed by atoms with E-state index < -0.39 is 0 Å². The molecule has 0 fully saturated rings. The second kappa shape index (κ2) is 3.91. The third kappa shape index (κ3) is 2.19. The van der Waals surface area contributed by atoms with Crippen molar-refractivity contribution >= 4 is 34.2 Å². The van der Waals surface area contributed by atoms with E-state index in [1.807, 2.05) is 13.2 Å². The molecule has 0 atom stereocenters. The predicted octanol–water partition coefficient (Wildman–Crippen LogP) is 1.56. The van der Waals surface area contributed by atoms with Crippen molar-refractivity contribution in [2.24, 2.45) is 7.05 Å². The van der Waals surface area contributed by atoms with Crippen molar-refractivity contribution in [3.8, 4) is 0 Å². The van der Waals surface area contributed by atoms with Crippen molar-refractivity contribution in [2.75, 3.05) is 5.32 Å². The highest BCUT2D eigenvalue weighted by molar-refractivity contribution is 14.1. The first-order valence-electron chi connectivity index (χ1n) is 3.97. The highest BCUT2D eigenvalue weighted by Gasteiger charge is 1.98. The van der Waals surface area contributed by atoms with E-state index in [9.17, 15) is 0 Å². The van der Waals surface area contributed by atoms with Crippen LogP contribution in [0.15, 0.2) is 24.8 Å². The lowest BCUT2D eigenvalue weighted by Gasteiger charge is -1.99. The third-order valence-corrected chi connectivity index (χ3v) is 2.14. The molecule has 2 aromatic rings. The van der Waals surface area contributed by atoms with Crippen LogP contribution in [0.2, 0.25) is 0 Å². The van der Waals surface area contributed by atoms with Crippen LogP contribution in [0, 0.1) is 3.57 Å². The highest BCUT2D eigenvalue weighted by atomic mass is 127. The van der Waals surface area contributed by atoms with Gasteiger partial charge in [-0.05, 0) is 22.6 Å². The van der Waals surface area contributed by atoms with Crippen molar-refractivity contribution in [1.82, 2.24) is 19.7 Å². The van der Waals surface area contributed by atoms with Crippen molar-refractivity contribution in [1.29, 1.82) is 0 Å². The molecule has 1 N–H and O–H groups in total. The summed E-state index contributed by atoms with van der Waals surface area (Å²) in [5.41, 5.74) is 0.883. The number of halogens is 1. The standard InChI is InChI=1S/C8H8IN5/c1-14-5-7(4-12-14)13-8-10-2-6(9)3-11-8/h2-5H,1H3,(H,10,11,13). The Hall–Kier alpha value is -1.18. The fraction of sp³-hybridized carbons (Fsp3) is 0.125. The number of anilines is 2. The highest BCUT2D eigenvalue weighted by Crippen LogP contribution is 2.10.